The second-order valence-electron chi connectivity index (χ2n) is 14.9. The average molecular weight is 775 g/mol. The Morgan fingerprint density at radius 2 is 0.915 bits per heavy atom. The van der Waals surface area contributed by atoms with Crippen LogP contribution in [0.5, 0.6) is 0 Å². The number of hydrogen-bond donors (Lipinski definition) is 0. The molecule has 2 nitrogen and oxygen atoms in total. The quantitative estimate of drug-likeness (QED) is 0.128. The lowest BCUT2D eigenvalue weighted by Crippen LogP contribution is -2.31. The lowest BCUT2D eigenvalue weighted by atomic mass is 9.63. The predicted molar refractivity (Wildman–Crippen MR) is 254 cm³/mol. The van der Waals surface area contributed by atoms with Crippen LogP contribution in [0.3, 0.4) is 0 Å². The van der Waals surface area contributed by atoms with Crippen molar-refractivity contribution in [3.05, 3.63) is 253 Å². The summed E-state index contributed by atoms with van der Waals surface area (Å²) in [6.07, 6.45) is 8.50. The van der Waals surface area contributed by atoms with Crippen molar-refractivity contribution in [2.75, 3.05) is 9.80 Å². The van der Waals surface area contributed by atoms with Crippen molar-refractivity contribution < 1.29 is 0 Å². The number of fused-ring (bicyclic) bond motifs is 2. The van der Waals surface area contributed by atoms with Crippen LogP contribution in [-0.2, 0) is 5.41 Å². The van der Waals surface area contributed by atoms with Gasteiger partial charge in [-0.1, -0.05) is 170 Å². The minimum atomic E-state index is -0.719. The molecule has 0 amide bonds. The summed E-state index contributed by atoms with van der Waals surface area (Å²) in [6, 6.07) is 72.5. The summed E-state index contributed by atoms with van der Waals surface area (Å²) in [5.41, 5.74) is 13.0. The van der Waals surface area contributed by atoms with E-state index in [0.717, 1.165) is 39.7 Å². The Morgan fingerprint density at radius 3 is 1.44 bits per heavy atom. The molecule has 0 aliphatic heterocycles. The third kappa shape index (κ3) is 5.93. The molecule has 1 atom stereocenters. The summed E-state index contributed by atoms with van der Waals surface area (Å²) in [5, 5.41) is 2.51. The van der Waals surface area contributed by atoms with E-state index < -0.39 is 5.41 Å². The summed E-state index contributed by atoms with van der Waals surface area (Å²) in [7, 11) is 0. The Hall–Kier alpha value is -7.20. The Bertz CT molecular complexity index is 2930. The van der Waals surface area contributed by atoms with Gasteiger partial charge < -0.3 is 9.80 Å². The summed E-state index contributed by atoms with van der Waals surface area (Å²) in [6.45, 7) is 7.03. The van der Waals surface area contributed by atoms with Crippen LogP contribution < -0.4 is 9.80 Å². The molecule has 1 aliphatic rings. The first-order chi connectivity index (χ1) is 29.2. The number of nitrogens with zero attached hydrogens (tertiary/aromatic N) is 2. The zero-order valence-corrected chi connectivity index (χ0v) is 33.7. The molecule has 282 valence electrons. The summed E-state index contributed by atoms with van der Waals surface area (Å²) in [5.74, 6) is 0. The van der Waals surface area contributed by atoms with Crippen molar-refractivity contribution in [1.29, 1.82) is 0 Å². The maximum Gasteiger partial charge on any atom is 0.0708 e. The molecule has 0 bridgehead atoms. The maximum absolute atomic E-state index is 4.98. The molecule has 0 N–H and O–H groups in total. The van der Waals surface area contributed by atoms with Crippen molar-refractivity contribution >= 4 is 65.6 Å². The highest BCUT2D eigenvalue weighted by molar-refractivity contribution is 7.27. The zero-order valence-electron chi connectivity index (χ0n) is 32.9. The van der Waals surface area contributed by atoms with E-state index in [0.29, 0.717) is 0 Å². The molecular weight excluding hydrogens is 733 g/mol. The van der Waals surface area contributed by atoms with Crippen molar-refractivity contribution in [2.24, 2.45) is 0 Å². The first-order valence-corrected chi connectivity index (χ1v) is 21.0. The van der Waals surface area contributed by atoms with Gasteiger partial charge in [0.1, 0.15) is 0 Å². The molecule has 0 radical (unpaired) electrons. The minimum Gasteiger partial charge on any atom is -0.309 e. The second kappa shape index (κ2) is 15.3. The van der Waals surface area contributed by atoms with Gasteiger partial charge in [0.05, 0.1) is 26.2 Å². The molecule has 0 spiro atoms. The van der Waals surface area contributed by atoms with Crippen LogP contribution in [0.2, 0.25) is 0 Å². The molecule has 1 heterocycles. The van der Waals surface area contributed by atoms with E-state index in [1.807, 2.05) is 11.3 Å². The lowest BCUT2D eigenvalue weighted by molar-refractivity contribution is 0.758. The molecule has 9 aromatic rings. The molecule has 0 fully saturated rings. The van der Waals surface area contributed by atoms with Gasteiger partial charge in [-0.25, -0.2) is 0 Å². The van der Waals surface area contributed by atoms with E-state index in [-0.39, 0.29) is 0 Å². The number of benzene rings is 8. The highest BCUT2D eigenvalue weighted by atomic mass is 32.1. The number of hydrogen-bond acceptors (Lipinski definition) is 3. The summed E-state index contributed by atoms with van der Waals surface area (Å²) >= 11 is 1.89. The smallest absolute Gasteiger partial charge is 0.0708 e. The average Bonchev–Trinajstić information content (AvgIpc) is 3.66. The summed E-state index contributed by atoms with van der Waals surface area (Å²) < 4.78 is 2.45. The zero-order chi connectivity index (χ0) is 39.8. The number of allylic oxidation sites excluding steroid dienone is 5. The fraction of sp³-hybridized carbons (Fsp3) is 0.0357. The van der Waals surface area contributed by atoms with Crippen LogP contribution in [0, 0.1) is 0 Å². The summed E-state index contributed by atoms with van der Waals surface area (Å²) in [4.78, 5) is 4.84. The van der Waals surface area contributed by atoms with E-state index >= 15 is 0 Å². The molecular formula is C56H42N2S. The van der Waals surface area contributed by atoms with Gasteiger partial charge in [0.25, 0.3) is 0 Å². The third-order valence-corrected chi connectivity index (χ3v) is 12.8. The Balaban J connectivity index is 1.41. The first kappa shape index (κ1) is 36.2. The maximum atomic E-state index is 4.98. The highest BCUT2D eigenvalue weighted by Crippen LogP contribution is 2.60. The van der Waals surface area contributed by atoms with Gasteiger partial charge >= 0.3 is 0 Å². The molecule has 0 saturated heterocycles. The monoisotopic (exact) mass is 774 g/mol. The van der Waals surface area contributed by atoms with Crippen LogP contribution in [0.1, 0.15) is 23.6 Å². The molecule has 8 aromatic carbocycles. The van der Waals surface area contributed by atoms with E-state index in [1.54, 1.807) is 0 Å². The van der Waals surface area contributed by atoms with E-state index in [1.165, 1.54) is 48.0 Å². The largest absolute Gasteiger partial charge is 0.309 e. The molecule has 59 heavy (non-hydrogen) atoms. The van der Waals surface area contributed by atoms with Gasteiger partial charge in [-0.15, -0.1) is 11.3 Å². The van der Waals surface area contributed by atoms with Crippen LogP contribution in [0.15, 0.2) is 237 Å². The fourth-order valence-electron chi connectivity index (χ4n) is 9.13. The van der Waals surface area contributed by atoms with Crippen molar-refractivity contribution in [3.8, 4) is 11.1 Å². The Kier molecular flexibility index (Phi) is 9.37. The lowest BCUT2D eigenvalue weighted by Gasteiger charge is -2.38. The van der Waals surface area contributed by atoms with Gasteiger partial charge in [-0.05, 0) is 101 Å². The number of rotatable bonds is 10. The molecule has 1 aliphatic carbocycles. The first-order valence-electron chi connectivity index (χ1n) is 20.2. The SMILES string of the molecule is C=C(/C=C\C=C/C)C1(c2ccccc2)c2ccccc2-c2ccc(N(c3ccccc3)c3ccccc3)c3sc4c(N(c5ccccc5)c5ccccc5)ccc1c4c23. The van der Waals surface area contributed by atoms with E-state index in [2.05, 4.69) is 241 Å². The molecule has 10 rings (SSSR count). The van der Waals surface area contributed by atoms with Gasteiger partial charge in [0.15, 0.2) is 0 Å². The van der Waals surface area contributed by atoms with E-state index in [4.69, 9.17) is 6.58 Å². The second-order valence-corrected chi connectivity index (χ2v) is 15.9. The number of anilines is 6. The molecule has 3 heteroatoms. The van der Waals surface area contributed by atoms with Gasteiger partial charge in [0.2, 0.25) is 0 Å². The third-order valence-electron chi connectivity index (χ3n) is 11.6. The van der Waals surface area contributed by atoms with Gasteiger partial charge in [-0.2, -0.15) is 0 Å². The van der Waals surface area contributed by atoms with Crippen molar-refractivity contribution in [3.63, 3.8) is 0 Å². The van der Waals surface area contributed by atoms with Crippen molar-refractivity contribution in [2.45, 2.75) is 12.3 Å². The Morgan fingerprint density at radius 1 is 0.458 bits per heavy atom. The van der Waals surface area contributed by atoms with Crippen molar-refractivity contribution in [1.82, 2.24) is 0 Å². The minimum absolute atomic E-state index is 0.719. The van der Waals surface area contributed by atoms with Crippen LogP contribution >= 0.6 is 11.3 Å². The number of para-hydroxylation sites is 4. The van der Waals surface area contributed by atoms with Crippen LogP contribution in [0.25, 0.3) is 31.3 Å². The highest BCUT2D eigenvalue weighted by Gasteiger charge is 2.44. The molecule has 0 saturated carbocycles. The normalized spacial score (nSPS) is 14.5. The predicted octanol–water partition coefficient (Wildman–Crippen LogP) is 16.0. The van der Waals surface area contributed by atoms with E-state index in [9.17, 15) is 0 Å². The standard InChI is InChI=1S/C56H42N2S/c1-3-4-10-23-40(2)56(41-24-11-5-12-25-41)48-35-22-21-34-46(48)47-36-38-50(57(42-26-13-6-14-27-42)43-28-15-7-16-29-43)54-52(47)53-49(56)37-39-51(55(53)59-54)58(44-30-17-8-18-31-44)45-32-19-9-20-33-45/h3-39H,2H2,1H3/b4-3-,23-10-. The van der Waals surface area contributed by atoms with Gasteiger partial charge in [0, 0.05) is 33.5 Å². The number of thiophene rings is 1. The van der Waals surface area contributed by atoms with Crippen LogP contribution in [0.4, 0.5) is 34.1 Å². The molecule has 1 aromatic heterocycles. The molecule has 1 unspecified atom stereocenters. The Labute approximate surface area is 350 Å². The topological polar surface area (TPSA) is 6.48 Å². The van der Waals surface area contributed by atoms with Gasteiger partial charge in [-0.3, -0.25) is 0 Å². The van der Waals surface area contributed by atoms with Crippen LogP contribution in [-0.4, -0.2) is 0 Å². The fourth-order valence-corrected chi connectivity index (χ4v) is 10.5.